The Morgan fingerprint density at radius 2 is 0.922 bits per heavy atom. The molecule has 4 aromatic heterocycles. The highest BCUT2D eigenvalue weighted by Crippen LogP contribution is 2.38. The molecule has 0 N–H and O–H groups in total. The molecule has 0 aliphatic carbocycles. The lowest BCUT2D eigenvalue weighted by Crippen LogP contribution is -2.00. The molecule has 7 aromatic carbocycles. The van der Waals surface area contributed by atoms with E-state index in [1.54, 1.807) is 0 Å². The fraction of sp³-hybridized carbons (Fsp3) is 0. The van der Waals surface area contributed by atoms with Crippen LogP contribution in [0.4, 0.5) is 0 Å². The monoisotopic (exact) mass is 652 g/mol. The molecule has 4 heterocycles. The van der Waals surface area contributed by atoms with Crippen LogP contribution in [0.3, 0.4) is 0 Å². The lowest BCUT2D eigenvalue weighted by atomic mass is 9.99. The highest BCUT2D eigenvalue weighted by molar-refractivity contribution is 6.11. The third kappa shape index (κ3) is 4.22. The van der Waals surface area contributed by atoms with E-state index >= 15 is 0 Å². The van der Waals surface area contributed by atoms with E-state index in [4.69, 9.17) is 14.4 Å². The highest BCUT2D eigenvalue weighted by Gasteiger charge is 2.18. The van der Waals surface area contributed by atoms with E-state index in [9.17, 15) is 0 Å². The molecule has 0 saturated carbocycles. The minimum atomic E-state index is 0.613. The number of benzene rings is 7. The molecular weight excluding hydrogens is 625 g/mol. The van der Waals surface area contributed by atoms with Crippen LogP contribution in [-0.2, 0) is 0 Å². The van der Waals surface area contributed by atoms with Crippen molar-refractivity contribution < 1.29 is 4.42 Å². The standard InChI is InChI=1S/C46H28N4O/c1-6-16-40-32(11-1)33-12-2-7-17-41(33)49(40)31-25-26-38-37(27-31)36(29-21-23-30(24-22-29)46-48-39-15-5-10-20-44(39)51-46)28-45(47-38)50-42-18-8-3-13-34(42)35-14-4-9-19-43(35)50/h1-28H. The first-order valence-electron chi connectivity index (χ1n) is 17.2. The second-order valence-corrected chi connectivity index (χ2v) is 13.0. The van der Waals surface area contributed by atoms with Gasteiger partial charge in [0, 0.05) is 38.2 Å². The van der Waals surface area contributed by atoms with E-state index < -0.39 is 0 Å². The summed E-state index contributed by atoms with van der Waals surface area (Å²) in [6.07, 6.45) is 0. The number of fused-ring (bicyclic) bond motifs is 8. The predicted molar refractivity (Wildman–Crippen MR) is 209 cm³/mol. The van der Waals surface area contributed by atoms with Gasteiger partial charge in [0.05, 0.1) is 27.6 Å². The van der Waals surface area contributed by atoms with Gasteiger partial charge in [0.2, 0.25) is 5.89 Å². The summed E-state index contributed by atoms with van der Waals surface area (Å²) in [5.74, 6) is 1.49. The van der Waals surface area contributed by atoms with Gasteiger partial charge in [0.15, 0.2) is 5.58 Å². The quantitative estimate of drug-likeness (QED) is 0.190. The molecule has 5 nitrogen and oxygen atoms in total. The van der Waals surface area contributed by atoms with Crippen molar-refractivity contribution >= 4 is 65.6 Å². The molecule has 0 radical (unpaired) electrons. The Bertz CT molecular complexity index is 3000. The van der Waals surface area contributed by atoms with Gasteiger partial charge in [-0.2, -0.15) is 0 Å². The smallest absolute Gasteiger partial charge is 0.227 e. The van der Waals surface area contributed by atoms with Gasteiger partial charge < -0.3 is 8.98 Å². The Labute approximate surface area is 292 Å². The van der Waals surface area contributed by atoms with Gasteiger partial charge in [0.1, 0.15) is 11.3 Å². The number of rotatable bonds is 4. The summed E-state index contributed by atoms with van der Waals surface area (Å²) in [6.45, 7) is 0. The minimum absolute atomic E-state index is 0.613. The van der Waals surface area contributed by atoms with Gasteiger partial charge >= 0.3 is 0 Å². The second kappa shape index (κ2) is 10.8. The molecule has 5 heteroatoms. The van der Waals surface area contributed by atoms with Gasteiger partial charge in [-0.05, 0) is 83.9 Å². The summed E-state index contributed by atoms with van der Waals surface area (Å²) in [7, 11) is 0. The third-order valence-corrected chi connectivity index (χ3v) is 10.2. The second-order valence-electron chi connectivity index (χ2n) is 13.0. The number of pyridine rings is 1. The van der Waals surface area contributed by atoms with E-state index in [0.717, 1.165) is 61.2 Å². The number of hydrogen-bond acceptors (Lipinski definition) is 3. The first-order valence-corrected chi connectivity index (χ1v) is 17.2. The number of oxazole rings is 1. The third-order valence-electron chi connectivity index (χ3n) is 10.2. The molecule has 0 aliphatic heterocycles. The van der Waals surface area contributed by atoms with Crippen LogP contribution in [-0.4, -0.2) is 19.1 Å². The van der Waals surface area contributed by atoms with Gasteiger partial charge in [0.25, 0.3) is 0 Å². The number of para-hydroxylation sites is 6. The van der Waals surface area contributed by atoms with E-state index in [1.165, 1.54) is 32.6 Å². The SMILES string of the molecule is c1ccc2oc(-c3ccc(-c4cc(-n5c6ccccc6c6ccccc65)nc5ccc(-n6c7ccccc7c7ccccc76)cc45)cc3)nc2c1. The lowest BCUT2D eigenvalue weighted by molar-refractivity contribution is 0.620. The molecule has 0 saturated heterocycles. The van der Waals surface area contributed by atoms with Crippen molar-refractivity contribution in [3.8, 4) is 34.1 Å². The first-order chi connectivity index (χ1) is 25.3. The molecule has 0 spiro atoms. The van der Waals surface area contributed by atoms with Crippen LogP contribution < -0.4 is 0 Å². The lowest BCUT2D eigenvalue weighted by Gasteiger charge is -2.15. The molecule has 0 bridgehead atoms. The van der Waals surface area contributed by atoms with Crippen LogP contribution in [0.1, 0.15) is 0 Å². The van der Waals surface area contributed by atoms with Crippen molar-refractivity contribution in [1.29, 1.82) is 0 Å². The van der Waals surface area contributed by atoms with Crippen molar-refractivity contribution in [3.05, 3.63) is 170 Å². The zero-order valence-corrected chi connectivity index (χ0v) is 27.4. The first kappa shape index (κ1) is 27.9. The van der Waals surface area contributed by atoms with Crippen LogP contribution in [0.25, 0.3) is 99.7 Å². The fourth-order valence-corrected chi connectivity index (χ4v) is 7.85. The van der Waals surface area contributed by atoms with Crippen molar-refractivity contribution in [1.82, 2.24) is 19.1 Å². The predicted octanol–water partition coefficient (Wildman–Crippen LogP) is 11.9. The number of hydrogen-bond donors (Lipinski definition) is 0. The Morgan fingerprint density at radius 1 is 0.392 bits per heavy atom. The zero-order chi connectivity index (χ0) is 33.5. The maximum absolute atomic E-state index is 6.12. The summed E-state index contributed by atoms with van der Waals surface area (Å²) >= 11 is 0. The number of nitrogens with zero attached hydrogens (tertiary/aromatic N) is 4. The summed E-state index contributed by atoms with van der Waals surface area (Å²) in [5.41, 5.74) is 11.4. The normalized spacial score (nSPS) is 11.9. The van der Waals surface area contributed by atoms with Crippen LogP contribution in [0.5, 0.6) is 0 Å². The van der Waals surface area contributed by atoms with Crippen LogP contribution in [0, 0.1) is 0 Å². The van der Waals surface area contributed by atoms with Crippen LogP contribution in [0.15, 0.2) is 174 Å². The molecule has 238 valence electrons. The Hall–Kier alpha value is -6.98. The Morgan fingerprint density at radius 3 is 1.53 bits per heavy atom. The summed E-state index contributed by atoms with van der Waals surface area (Å²) in [5, 5.41) is 5.97. The van der Waals surface area contributed by atoms with Gasteiger partial charge in [-0.15, -0.1) is 0 Å². The highest BCUT2D eigenvalue weighted by atomic mass is 16.3. The maximum Gasteiger partial charge on any atom is 0.227 e. The fourth-order valence-electron chi connectivity index (χ4n) is 7.85. The van der Waals surface area contributed by atoms with E-state index in [-0.39, 0.29) is 0 Å². The van der Waals surface area contributed by atoms with E-state index in [0.29, 0.717) is 5.89 Å². The average molecular weight is 653 g/mol. The van der Waals surface area contributed by atoms with Crippen molar-refractivity contribution in [2.24, 2.45) is 0 Å². The summed E-state index contributed by atoms with van der Waals surface area (Å²) in [4.78, 5) is 10.1. The topological polar surface area (TPSA) is 48.8 Å². The van der Waals surface area contributed by atoms with Crippen molar-refractivity contribution in [3.63, 3.8) is 0 Å². The molecule has 0 unspecified atom stereocenters. The molecule has 0 fully saturated rings. The van der Waals surface area contributed by atoms with Gasteiger partial charge in [-0.1, -0.05) is 97.1 Å². The van der Waals surface area contributed by atoms with Crippen LogP contribution >= 0.6 is 0 Å². The Kier molecular flexibility index (Phi) is 5.89. The summed E-state index contributed by atoms with van der Waals surface area (Å²) < 4.78 is 10.8. The molecular formula is C46H28N4O. The molecule has 0 amide bonds. The molecule has 51 heavy (non-hydrogen) atoms. The van der Waals surface area contributed by atoms with Crippen molar-refractivity contribution in [2.45, 2.75) is 0 Å². The molecule has 0 aliphatic rings. The maximum atomic E-state index is 6.12. The van der Waals surface area contributed by atoms with Gasteiger partial charge in [-0.25, -0.2) is 9.97 Å². The van der Waals surface area contributed by atoms with Crippen LogP contribution in [0.2, 0.25) is 0 Å². The summed E-state index contributed by atoms with van der Waals surface area (Å²) in [6, 6.07) is 59.8. The average Bonchev–Trinajstić information content (AvgIpc) is 3.88. The Balaban J connectivity index is 1.16. The van der Waals surface area contributed by atoms with Crippen molar-refractivity contribution in [2.75, 3.05) is 0 Å². The van der Waals surface area contributed by atoms with E-state index in [2.05, 4.69) is 155 Å². The molecule has 11 rings (SSSR count). The number of aromatic nitrogens is 4. The zero-order valence-electron chi connectivity index (χ0n) is 27.4. The minimum Gasteiger partial charge on any atom is -0.436 e. The van der Waals surface area contributed by atoms with E-state index in [1.807, 2.05) is 24.3 Å². The molecule has 11 aromatic rings. The largest absolute Gasteiger partial charge is 0.436 e. The molecule has 0 atom stereocenters. The van der Waals surface area contributed by atoms with Gasteiger partial charge in [-0.3, -0.25) is 4.57 Å².